The minimum atomic E-state index is -0.0268. The normalized spacial score (nSPS) is 11.3. The highest BCUT2D eigenvalue weighted by Gasteiger charge is 2.17. The molecule has 0 fully saturated rings. The summed E-state index contributed by atoms with van der Waals surface area (Å²) in [5.41, 5.74) is 3.96. The summed E-state index contributed by atoms with van der Waals surface area (Å²) in [6.07, 6.45) is 1.48. The maximum atomic E-state index is 12.7. The third-order valence-electron chi connectivity index (χ3n) is 3.95. The Morgan fingerprint density at radius 1 is 1.05 bits per heavy atom. The molecule has 0 N–H and O–H groups in total. The smallest absolute Gasteiger partial charge is 0.193 e. The molecule has 0 amide bonds. The Balaban J connectivity index is 2.43. The topological polar surface area (TPSA) is 34.1 Å². The van der Waals surface area contributed by atoms with Crippen molar-refractivity contribution in [2.24, 2.45) is 0 Å². The molecule has 2 nitrogen and oxygen atoms in total. The summed E-state index contributed by atoms with van der Waals surface area (Å²) in [7, 11) is 0. The first-order valence-electron chi connectivity index (χ1n) is 7.60. The van der Waals surface area contributed by atoms with Crippen LogP contribution < -0.4 is 0 Å². The van der Waals surface area contributed by atoms with E-state index in [1.54, 1.807) is 18.2 Å². The first-order valence-corrected chi connectivity index (χ1v) is 7.60. The van der Waals surface area contributed by atoms with Crippen LogP contribution in [0.1, 0.15) is 65.1 Å². The van der Waals surface area contributed by atoms with Crippen LogP contribution in [0, 0.1) is 0 Å². The number of aldehydes is 1. The molecule has 0 heterocycles. The lowest BCUT2D eigenvalue weighted by Crippen LogP contribution is -2.12. The van der Waals surface area contributed by atoms with E-state index in [0.29, 0.717) is 23.1 Å². The minimum Gasteiger partial charge on any atom is -0.298 e. The fourth-order valence-corrected chi connectivity index (χ4v) is 2.60. The highest BCUT2D eigenvalue weighted by atomic mass is 16.1. The van der Waals surface area contributed by atoms with Crippen LogP contribution in [-0.4, -0.2) is 12.1 Å². The summed E-state index contributed by atoms with van der Waals surface area (Å²) in [4.78, 5) is 23.9. The second-order valence-electron chi connectivity index (χ2n) is 6.50. The van der Waals surface area contributed by atoms with Crippen LogP contribution in [0.15, 0.2) is 42.5 Å². The van der Waals surface area contributed by atoms with Gasteiger partial charge in [0.2, 0.25) is 0 Å². The number of hydrogen-bond donors (Lipinski definition) is 0. The fourth-order valence-electron chi connectivity index (χ4n) is 2.60. The van der Waals surface area contributed by atoms with E-state index in [9.17, 15) is 9.59 Å². The van der Waals surface area contributed by atoms with Crippen LogP contribution >= 0.6 is 0 Å². The van der Waals surface area contributed by atoms with Crippen molar-refractivity contribution in [1.29, 1.82) is 0 Å². The molecular formula is C20H22O2. The number of ketones is 1. The molecule has 2 aromatic rings. The predicted molar refractivity (Wildman–Crippen MR) is 89.8 cm³/mol. The van der Waals surface area contributed by atoms with Crippen molar-refractivity contribution in [2.75, 3.05) is 0 Å². The second-order valence-corrected chi connectivity index (χ2v) is 6.50. The van der Waals surface area contributed by atoms with Gasteiger partial charge in [0.05, 0.1) is 0 Å². The number of carbonyl (C=O) groups excluding carboxylic acids is 2. The monoisotopic (exact) mass is 294 g/mol. The summed E-state index contributed by atoms with van der Waals surface area (Å²) in [5.74, 6) is -0.0268. The van der Waals surface area contributed by atoms with Gasteiger partial charge in [0.1, 0.15) is 6.29 Å². The van der Waals surface area contributed by atoms with Gasteiger partial charge in [-0.25, -0.2) is 0 Å². The van der Waals surface area contributed by atoms with E-state index in [0.717, 1.165) is 11.8 Å². The molecule has 0 aromatic heterocycles. The minimum absolute atomic E-state index is 0.0268. The summed E-state index contributed by atoms with van der Waals surface area (Å²) < 4.78 is 0. The van der Waals surface area contributed by atoms with Crippen LogP contribution in [0.3, 0.4) is 0 Å². The Morgan fingerprint density at radius 2 is 1.68 bits per heavy atom. The van der Waals surface area contributed by atoms with E-state index in [4.69, 9.17) is 0 Å². The molecule has 0 unspecified atom stereocenters. The zero-order valence-electron chi connectivity index (χ0n) is 13.6. The lowest BCUT2D eigenvalue weighted by molar-refractivity contribution is 0.103. The molecule has 0 spiro atoms. The van der Waals surface area contributed by atoms with Gasteiger partial charge in [0, 0.05) is 16.7 Å². The molecule has 22 heavy (non-hydrogen) atoms. The van der Waals surface area contributed by atoms with E-state index in [2.05, 4.69) is 20.8 Å². The third kappa shape index (κ3) is 3.16. The third-order valence-corrected chi connectivity index (χ3v) is 3.95. The van der Waals surface area contributed by atoms with E-state index < -0.39 is 0 Å². The Bertz CT molecular complexity index is 689. The molecule has 2 heteroatoms. The Labute approximate surface area is 132 Å². The van der Waals surface area contributed by atoms with E-state index in [1.807, 2.05) is 31.2 Å². The van der Waals surface area contributed by atoms with Crippen molar-refractivity contribution in [1.82, 2.24) is 0 Å². The van der Waals surface area contributed by atoms with Gasteiger partial charge < -0.3 is 0 Å². The van der Waals surface area contributed by atoms with Crippen molar-refractivity contribution < 1.29 is 9.59 Å². The summed E-state index contributed by atoms with van der Waals surface area (Å²) in [6, 6.07) is 13.1. The van der Waals surface area contributed by atoms with Gasteiger partial charge >= 0.3 is 0 Å². The van der Waals surface area contributed by atoms with Crippen molar-refractivity contribution >= 4 is 12.1 Å². The molecule has 0 atom stereocenters. The molecular weight excluding hydrogens is 272 g/mol. The van der Waals surface area contributed by atoms with Crippen LogP contribution in [0.2, 0.25) is 0 Å². The lowest BCUT2D eigenvalue weighted by Gasteiger charge is -2.19. The average molecular weight is 294 g/mol. The van der Waals surface area contributed by atoms with Gasteiger partial charge in [0.25, 0.3) is 0 Å². The quantitative estimate of drug-likeness (QED) is 0.610. The van der Waals surface area contributed by atoms with Crippen LogP contribution in [0.4, 0.5) is 0 Å². The second kappa shape index (κ2) is 6.27. The van der Waals surface area contributed by atoms with Crippen LogP contribution in [0.25, 0.3) is 0 Å². The zero-order chi connectivity index (χ0) is 16.3. The molecule has 0 saturated heterocycles. The van der Waals surface area contributed by atoms with E-state index >= 15 is 0 Å². The number of benzene rings is 2. The fraction of sp³-hybridized carbons (Fsp3) is 0.300. The van der Waals surface area contributed by atoms with Crippen molar-refractivity contribution in [3.8, 4) is 0 Å². The number of hydrogen-bond acceptors (Lipinski definition) is 2. The van der Waals surface area contributed by atoms with E-state index in [-0.39, 0.29) is 11.2 Å². The molecule has 0 saturated carbocycles. The summed E-state index contributed by atoms with van der Waals surface area (Å²) >= 11 is 0. The molecule has 2 rings (SSSR count). The predicted octanol–water partition coefficient (Wildman–Crippen LogP) is 4.59. The molecule has 0 aliphatic rings. The van der Waals surface area contributed by atoms with Gasteiger partial charge in [-0.05, 0) is 23.0 Å². The lowest BCUT2D eigenvalue weighted by atomic mass is 9.86. The van der Waals surface area contributed by atoms with Gasteiger partial charge in [-0.3, -0.25) is 9.59 Å². The average Bonchev–Trinajstić information content (AvgIpc) is 2.52. The molecule has 114 valence electrons. The first kappa shape index (κ1) is 16.2. The van der Waals surface area contributed by atoms with Crippen molar-refractivity contribution in [3.05, 3.63) is 70.3 Å². The summed E-state index contributed by atoms with van der Waals surface area (Å²) in [6.45, 7) is 8.40. The van der Waals surface area contributed by atoms with Crippen molar-refractivity contribution in [3.63, 3.8) is 0 Å². The maximum Gasteiger partial charge on any atom is 0.193 e. The van der Waals surface area contributed by atoms with Crippen molar-refractivity contribution in [2.45, 2.75) is 39.5 Å². The standard InChI is InChI=1S/C20H22O2/c1-5-17-15(13-21)7-6-8-18(17)19(22)14-9-11-16(12-10-14)20(2,3)4/h6-13H,5H2,1-4H3. The van der Waals surface area contributed by atoms with Gasteiger partial charge in [-0.2, -0.15) is 0 Å². The van der Waals surface area contributed by atoms with Gasteiger partial charge in [-0.15, -0.1) is 0 Å². The molecule has 2 aromatic carbocycles. The highest BCUT2D eigenvalue weighted by molar-refractivity contribution is 6.10. The largest absolute Gasteiger partial charge is 0.298 e. The molecule has 0 bridgehead atoms. The Kier molecular flexibility index (Phi) is 4.60. The molecule has 0 aliphatic carbocycles. The zero-order valence-corrected chi connectivity index (χ0v) is 13.6. The van der Waals surface area contributed by atoms with Gasteiger partial charge in [-0.1, -0.05) is 70.2 Å². The van der Waals surface area contributed by atoms with Crippen LogP contribution in [0.5, 0.6) is 0 Å². The number of carbonyl (C=O) groups is 2. The molecule has 0 radical (unpaired) electrons. The Morgan fingerprint density at radius 3 is 2.18 bits per heavy atom. The van der Waals surface area contributed by atoms with E-state index in [1.165, 1.54) is 5.56 Å². The first-order chi connectivity index (χ1) is 10.4. The SMILES string of the molecule is CCc1c(C=O)cccc1C(=O)c1ccc(C(C)(C)C)cc1. The molecule has 0 aliphatic heterocycles. The Hall–Kier alpha value is -2.22. The summed E-state index contributed by atoms with van der Waals surface area (Å²) in [5, 5.41) is 0. The van der Waals surface area contributed by atoms with Crippen LogP contribution in [-0.2, 0) is 11.8 Å². The number of rotatable bonds is 4. The maximum absolute atomic E-state index is 12.7. The van der Waals surface area contributed by atoms with Gasteiger partial charge in [0.15, 0.2) is 5.78 Å². The highest BCUT2D eigenvalue weighted by Crippen LogP contribution is 2.24.